The number of amides is 1. The lowest BCUT2D eigenvalue weighted by Crippen LogP contribution is -2.11. The normalized spacial score (nSPS) is 9.88. The zero-order chi connectivity index (χ0) is 6.57. The molecule has 0 saturated heterocycles. The number of primary amides is 1. The van der Waals surface area contributed by atoms with Gasteiger partial charge in [-0.1, -0.05) is 0 Å². The number of carbonyl (C=O) groups is 1. The zero-order valence-electron chi connectivity index (χ0n) is 5.35. The van der Waals surface area contributed by atoms with E-state index >= 15 is 0 Å². The Kier molecular flexibility index (Phi) is 3.80. The molecule has 2 N–H and O–H groups in total. The summed E-state index contributed by atoms with van der Waals surface area (Å²) < 4.78 is 0. The van der Waals surface area contributed by atoms with Gasteiger partial charge in [-0.05, 0) is 19.5 Å². The van der Waals surface area contributed by atoms with E-state index in [4.69, 9.17) is 5.73 Å². The Balaban J connectivity index is 3.05. The second-order valence-corrected chi connectivity index (χ2v) is 4.63. The van der Waals surface area contributed by atoms with Crippen molar-refractivity contribution < 1.29 is 4.79 Å². The van der Waals surface area contributed by atoms with Gasteiger partial charge in [-0.15, -0.1) is 7.92 Å². The maximum absolute atomic E-state index is 10.1. The van der Waals surface area contributed by atoms with E-state index in [0.29, 0.717) is 6.42 Å². The molecule has 8 heavy (non-hydrogen) atoms. The van der Waals surface area contributed by atoms with Crippen LogP contribution in [0.5, 0.6) is 0 Å². The second-order valence-electron chi connectivity index (χ2n) is 2.02. The van der Waals surface area contributed by atoms with Crippen LogP contribution in [0.4, 0.5) is 0 Å². The van der Waals surface area contributed by atoms with E-state index in [1.54, 1.807) is 0 Å². The molecular weight excluding hydrogens is 121 g/mol. The molecule has 0 aromatic rings. The molecule has 0 heterocycles. The van der Waals surface area contributed by atoms with Crippen LogP contribution in [0.25, 0.3) is 0 Å². The smallest absolute Gasteiger partial charge is 0.217 e. The number of hydrogen-bond donors (Lipinski definition) is 1. The van der Waals surface area contributed by atoms with Crippen molar-refractivity contribution in [3.63, 3.8) is 0 Å². The van der Waals surface area contributed by atoms with Crippen LogP contribution in [0, 0.1) is 0 Å². The fraction of sp³-hybridized carbons (Fsp3) is 0.800. The molecule has 0 aliphatic rings. The van der Waals surface area contributed by atoms with Crippen LogP contribution in [0.15, 0.2) is 0 Å². The van der Waals surface area contributed by atoms with Crippen molar-refractivity contribution in [1.82, 2.24) is 0 Å². The quantitative estimate of drug-likeness (QED) is 0.563. The highest BCUT2D eigenvalue weighted by molar-refractivity contribution is 7.56. The van der Waals surface area contributed by atoms with E-state index in [1.165, 1.54) is 0 Å². The van der Waals surface area contributed by atoms with Gasteiger partial charge < -0.3 is 5.73 Å². The Hall–Kier alpha value is -0.100. The Bertz CT molecular complexity index is 82.5. The number of nitrogens with two attached hydrogens (primary N) is 1. The Morgan fingerprint density at radius 1 is 1.62 bits per heavy atom. The molecule has 0 fully saturated rings. The highest BCUT2D eigenvalue weighted by Gasteiger charge is 1.95. The van der Waals surface area contributed by atoms with Crippen LogP contribution in [0.2, 0.25) is 0 Å². The lowest BCUT2D eigenvalue weighted by atomic mass is 10.5. The molecular formula is C5H12NOP. The molecule has 0 unspecified atom stereocenters. The molecule has 0 spiro atoms. The van der Waals surface area contributed by atoms with Crippen molar-refractivity contribution in [1.29, 1.82) is 0 Å². The topological polar surface area (TPSA) is 43.1 Å². The highest BCUT2D eigenvalue weighted by atomic mass is 31.1. The molecule has 0 radical (unpaired) electrons. The monoisotopic (exact) mass is 133 g/mol. The summed E-state index contributed by atoms with van der Waals surface area (Å²) in [5, 5.41) is 0. The first kappa shape index (κ1) is 7.90. The van der Waals surface area contributed by atoms with E-state index in [9.17, 15) is 4.79 Å². The SMILES string of the molecule is CP(C)CCC(N)=O. The summed E-state index contributed by atoms with van der Waals surface area (Å²) in [7, 11) is 0.0662. The predicted molar refractivity (Wildman–Crippen MR) is 37.4 cm³/mol. The lowest BCUT2D eigenvalue weighted by Gasteiger charge is -1.99. The van der Waals surface area contributed by atoms with Gasteiger partial charge in [-0.25, -0.2) is 0 Å². The van der Waals surface area contributed by atoms with Gasteiger partial charge in [0.15, 0.2) is 0 Å². The largest absolute Gasteiger partial charge is 0.370 e. The van der Waals surface area contributed by atoms with Crippen LogP contribution in [-0.2, 0) is 4.79 Å². The average molecular weight is 133 g/mol. The third-order valence-electron chi connectivity index (χ3n) is 0.805. The minimum Gasteiger partial charge on any atom is -0.370 e. The lowest BCUT2D eigenvalue weighted by molar-refractivity contribution is -0.117. The fourth-order valence-corrected chi connectivity index (χ4v) is 1.00. The van der Waals surface area contributed by atoms with Crippen molar-refractivity contribution in [3.8, 4) is 0 Å². The molecule has 0 aromatic heterocycles. The van der Waals surface area contributed by atoms with Gasteiger partial charge in [0.25, 0.3) is 0 Å². The molecule has 48 valence electrons. The minimum atomic E-state index is -0.179. The average Bonchev–Trinajstić information content (AvgIpc) is 1.61. The van der Waals surface area contributed by atoms with Crippen molar-refractivity contribution in [2.45, 2.75) is 6.42 Å². The summed E-state index contributed by atoms with van der Waals surface area (Å²) >= 11 is 0. The van der Waals surface area contributed by atoms with Crippen molar-refractivity contribution in [3.05, 3.63) is 0 Å². The third-order valence-corrected chi connectivity index (χ3v) is 1.92. The molecule has 0 bridgehead atoms. The van der Waals surface area contributed by atoms with Gasteiger partial charge in [-0.2, -0.15) is 0 Å². The minimum absolute atomic E-state index is 0.0662. The van der Waals surface area contributed by atoms with Gasteiger partial charge in [0.2, 0.25) is 5.91 Å². The standard InChI is InChI=1S/C5H12NOP/c1-8(2)4-3-5(6)7/h3-4H2,1-2H3,(H2,6,7). The molecule has 0 aliphatic carbocycles. The summed E-state index contributed by atoms with van der Waals surface area (Å²) in [4.78, 5) is 10.1. The van der Waals surface area contributed by atoms with Gasteiger partial charge in [0.1, 0.15) is 0 Å². The maximum atomic E-state index is 10.1. The molecule has 0 atom stereocenters. The van der Waals surface area contributed by atoms with Crippen LogP contribution in [0.3, 0.4) is 0 Å². The second kappa shape index (κ2) is 3.85. The van der Waals surface area contributed by atoms with Crippen molar-refractivity contribution in [2.24, 2.45) is 5.73 Å². The van der Waals surface area contributed by atoms with E-state index in [1.807, 2.05) is 0 Å². The summed E-state index contributed by atoms with van der Waals surface area (Å²) in [6.45, 7) is 4.27. The van der Waals surface area contributed by atoms with Crippen LogP contribution >= 0.6 is 7.92 Å². The first-order chi connectivity index (χ1) is 3.63. The first-order valence-electron chi connectivity index (χ1n) is 2.56. The fourth-order valence-electron chi connectivity index (χ4n) is 0.334. The third kappa shape index (κ3) is 5.90. The van der Waals surface area contributed by atoms with Crippen LogP contribution in [0.1, 0.15) is 6.42 Å². The molecule has 3 heteroatoms. The van der Waals surface area contributed by atoms with Crippen molar-refractivity contribution >= 4 is 13.8 Å². The van der Waals surface area contributed by atoms with Crippen molar-refractivity contribution in [2.75, 3.05) is 19.5 Å². The summed E-state index contributed by atoms with van der Waals surface area (Å²) in [6, 6.07) is 0. The molecule has 2 nitrogen and oxygen atoms in total. The first-order valence-corrected chi connectivity index (χ1v) is 4.98. The maximum Gasteiger partial charge on any atom is 0.217 e. The molecule has 0 rings (SSSR count). The predicted octanol–water partition coefficient (Wildman–Crippen LogP) is 0.603. The van der Waals surface area contributed by atoms with Crippen LogP contribution in [-0.4, -0.2) is 25.4 Å². The molecule has 0 aromatic carbocycles. The molecule has 0 aliphatic heterocycles. The van der Waals surface area contributed by atoms with Gasteiger partial charge in [0, 0.05) is 6.42 Å². The van der Waals surface area contributed by atoms with E-state index < -0.39 is 0 Å². The van der Waals surface area contributed by atoms with Gasteiger partial charge in [-0.3, -0.25) is 4.79 Å². The Labute approximate surface area is 51.2 Å². The van der Waals surface area contributed by atoms with E-state index in [2.05, 4.69) is 13.3 Å². The Morgan fingerprint density at radius 2 is 2.12 bits per heavy atom. The van der Waals surface area contributed by atoms with Gasteiger partial charge in [0.05, 0.1) is 0 Å². The van der Waals surface area contributed by atoms with Gasteiger partial charge >= 0.3 is 0 Å². The van der Waals surface area contributed by atoms with E-state index in [0.717, 1.165) is 6.16 Å². The summed E-state index contributed by atoms with van der Waals surface area (Å²) in [5.74, 6) is -0.179. The number of rotatable bonds is 3. The summed E-state index contributed by atoms with van der Waals surface area (Å²) in [5.41, 5.74) is 4.91. The Morgan fingerprint density at radius 3 is 2.25 bits per heavy atom. The summed E-state index contributed by atoms with van der Waals surface area (Å²) in [6.07, 6.45) is 1.53. The van der Waals surface area contributed by atoms with Crippen LogP contribution < -0.4 is 5.73 Å². The number of hydrogen-bond acceptors (Lipinski definition) is 1. The molecule has 1 amide bonds. The zero-order valence-corrected chi connectivity index (χ0v) is 6.24. The number of carbonyl (C=O) groups excluding carboxylic acids is 1. The molecule has 0 saturated carbocycles. The highest BCUT2D eigenvalue weighted by Crippen LogP contribution is 2.24. The van der Waals surface area contributed by atoms with E-state index in [-0.39, 0.29) is 13.8 Å².